The lowest BCUT2D eigenvalue weighted by molar-refractivity contribution is -0.148. The molecule has 2 N–H and O–H groups in total. The SMILES string of the molecule is NC[C@]1(c2ccccc2)CC[C@H](N2CCn3c(nnc3C(F)(F)F)C2)CC1. The average molecular weight is 379 g/mol. The van der Waals surface area contributed by atoms with Crippen LogP contribution in [0, 0.1) is 0 Å². The second-order valence-electron chi connectivity index (χ2n) is 7.64. The van der Waals surface area contributed by atoms with Crippen molar-refractivity contribution in [1.29, 1.82) is 0 Å². The van der Waals surface area contributed by atoms with Gasteiger partial charge in [-0.2, -0.15) is 13.2 Å². The number of hydrogen-bond acceptors (Lipinski definition) is 4. The molecule has 4 rings (SSSR count). The van der Waals surface area contributed by atoms with E-state index in [0.29, 0.717) is 31.5 Å². The highest BCUT2D eigenvalue weighted by Crippen LogP contribution is 2.40. The van der Waals surface area contributed by atoms with Crippen molar-refractivity contribution in [3.05, 3.63) is 47.5 Å². The van der Waals surface area contributed by atoms with Crippen LogP contribution in [0.5, 0.6) is 0 Å². The normalized spacial score (nSPS) is 26.7. The van der Waals surface area contributed by atoms with E-state index >= 15 is 0 Å². The minimum atomic E-state index is -4.45. The van der Waals surface area contributed by atoms with E-state index in [1.54, 1.807) is 0 Å². The first kappa shape index (κ1) is 18.4. The van der Waals surface area contributed by atoms with Gasteiger partial charge in [-0.1, -0.05) is 30.3 Å². The summed E-state index contributed by atoms with van der Waals surface area (Å²) in [6.07, 6.45) is -0.474. The second kappa shape index (κ2) is 6.91. The summed E-state index contributed by atoms with van der Waals surface area (Å²) in [6, 6.07) is 10.8. The number of hydrogen-bond donors (Lipinski definition) is 1. The largest absolute Gasteiger partial charge is 0.451 e. The van der Waals surface area contributed by atoms with Crippen LogP contribution in [0.4, 0.5) is 13.2 Å². The predicted octanol–water partition coefficient (Wildman–Crippen LogP) is 2.95. The van der Waals surface area contributed by atoms with Crippen molar-refractivity contribution < 1.29 is 13.2 Å². The van der Waals surface area contributed by atoms with Gasteiger partial charge in [-0.25, -0.2) is 0 Å². The van der Waals surface area contributed by atoms with E-state index in [4.69, 9.17) is 5.73 Å². The van der Waals surface area contributed by atoms with Gasteiger partial charge >= 0.3 is 6.18 Å². The minimum absolute atomic E-state index is 0.0109. The van der Waals surface area contributed by atoms with Crippen molar-refractivity contribution in [3.8, 4) is 0 Å². The van der Waals surface area contributed by atoms with Crippen LogP contribution >= 0.6 is 0 Å². The van der Waals surface area contributed by atoms with Crippen molar-refractivity contribution in [3.63, 3.8) is 0 Å². The molecule has 5 nitrogen and oxygen atoms in total. The van der Waals surface area contributed by atoms with Gasteiger partial charge in [0, 0.05) is 31.1 Å². The molecule has 0 radical (unpaired) electrons. The van der Waals surface area contributed by atoms with Gasteiger partial charge in [-0.05, 0) is 31.2 Å². The molecule has 1 aliphatic heterocycles. The van der Waals surface area contributed by atoms with Crippen LogP contribution in [-0.2, 0) is 24.7 Å². The Morgan fingerprint density at radius 3 is 2.41 bits per heavy atom. The highest BCUT2D eigenvalue weighted by Gasteiger charge is 2.41. The summed E-state index contributed by atoms with van der Waals surface area (Å²) in [5.74, 6) is -0.473. The van der Waals surface area contributed by atoms with Gasteiger partial charge in [0.15, 0.2) is 0 Å². The third-order valence-electron chi connectivity index (χ3n) is 6.24. The summed E-state index contributed by atoms with van der Waals surface area (Å²) in [6.45, 7) is 1.93. The molecule has 8 heteroatoms. The lowest BCUT2D eigenvalue weighted by atomic mass is 9.68. The molecule has 1 aromatic carbocycles. The Morgan fingerprint density at radius 1 is 1.07 bits per heavy atom. The highest BCUT2D eigenvalue weighted by molar-refractivity contribution is 5.27. The summed E-state index contributed by atoms with van der Waals surface area (Å²) < 4.78 is 40.2. The van der Waals surface area contributed by atoms with Crippen LogP contribution < -0.4 is 5.73 Å². The molecule has 2 heterocycles. The summed E-state index contributed by atoms with van der Waals surface area (Å²) in [4.78, 5) is 2.26. The lowest BCUT2D eigenvalue weighted by Gasteiger charge is -2.44. The van der Waals surface area contributed by atoms with E-state index in [1.165, 1.54) is 10.1 Å². The monoisotopic (exact) mass is 379 g/mol. The molecule has 2 aliphatic rings. The second-order valence-corrected chi connectivity index (χ2v) is 7.64. The minimum Gasteiger partial charge on any atom is -0.330 e. The topological polar surface area (TPSA) is 60.0 Å². The Kier molecular flexibility index (Phi) is 4.71. The highest BCUT2D eigenvalue weighted by atomic mass is 19.4. The fraction of sp³-hybridized carbons (Fsp3) is 0.579. The first-order valence-electron chi connectivity index (χ1n) is 9.42. The summed E-state index contributed by atoms with van der Waals surface area (Å²) >= 11 is 0. The molecule has 1 aliphatic carbocycles. The first-order valence-corrected chi connectivity index (χ1v) is 9.42. The summed E-state index contributed by atoms with van der Waals surface area (Å²) in [7, 11) is 0. The molecule has 0 unspecified atom stereocenters. The van der Waals surface area contributed by atoms with E-state index in [0.717, 1.165) is 25.7 Å². The maximum atomic E-state index is 13.0. The molecule has 0 saturated heterocycles. The Labute approximate surface area is 156 Å². The number of fused-ring (bicyclic) bond motifs is 1. The van der Waals surface area contributed by atoms with E-state index in [1.807, 2.05) is 6.07 Å². The fourth-order valence-electron chi connectivity index (χ4n) is 4.62. The molecule has 2 aromatic rings. The van der Waals surface area contributed by atoms with Crippen LogP contribution in [0.15, 0.2) is 30.3 Å². The van der Waals surface area contributed by atoms with Gasteiger partial charge < -0.3 is 10.3 Å². The summed E-state index contributed by atoms with van der Waals surface area (Å²) in [5, 5.41) is 7.16. The van der Waals surface area contributed by atoms with Gasteiger partial charge in [0.1, 0.15) is 5.82 Å². The van der Waals surface area contributed by atoms with Crippen molar-refractivity contribution >= 4 is 0 Å². The third kappa shape index (κ3) is 3.36. The molecular weight excluding hydrogens is 355 g/mol. The molecule has 0 bridgehead atoms. The predicted molar refractivity (Wildman–Crippen MR) is 94.9 cm³/mol. The maximum Gasteiger partial charge on any atom is 0.451 e. The number of rotatable bonds is 3. The smallest absolute Gasteiger partial charge is 0.330 e. The quantitative estimate of drug-likeness (QED) is 0.891. The Hall–Kier alpha value is -1.93. The molecular formula is C19H24F3N5. The molecule has 146 valence electrons. The first-order chi connectivity index (χ1) is 12.9. The van der Waals surface area contributed by atoms with Gasteiger partial charge in [-0.15, -0.1) is 10.2 Å². The standard InChI is InChI=1S/C19H24F3N5/c20-19(21,22)17-25-24-16-12-26(10-11-27(16)17)15-6-8-18(13-23,9-7-15)14-4-2-1-3-5-14/h1-5,15H,6-13,23H2/t15-,18-. The zero-order valence-electron chi connectivity index (χ0n) is 15.1. The molecule has 0 atom stereocenters. The zero-order chi connectivity index (χ0) is 19.1. The number of nitrogens with two attached hydrogens (primary N) is 1. The van der Waals surface area contributed by atoms with Crippen LogP contribution in [-0.4, -0.2) is 38.8 Å². The lowest BCUT2D eigenvalue weighted by Crippen LogP contribution is -2.47. The molecule has 1 fully saturated rings. The van der Waals surface area contributed by atoms with Gasteiger partial charge in [0.05, 0.1) is 6.54 Å². The van der Waals surface area contributed by atoms with E-state index < -0.39 is 12.0 Å². The molecule has 1 saturated carbocycles. The fourth-order valence-corrected chi connectivity index (χ4v) is 4.62. The number of nitrogens with zero attached hydrogens (tertiary/aromatic N) is 4. The summed E-state index contributed by atoms with van der Waals surface area (Å²) in [5.41, 5.74) is 7.46. The van der Waals surface area contributed by atoms with E-state index in [9.17, 15) is 13.2 Å². The van der Waals surface area contributed by atoms with Crippen molar-refractivity contribution in [2.45, 2.75) is 56.4 Å². The number of alkyl halides is 3. The average Bonchev–Trinajstić information content (AvgIpc) is 3.12. The zero-order valence-corrected chi connectivity index (χ0v) is 15.1. The maximum absolute atomic E-state index is 13.0. The molecule has 1 aromatic heterocycles. The van der Waals surface area contributed by atoms with Gasteiger partial charge in [0.25, 0.3) is 0 Å². The van der Waals surface area contributed by atoms with Crippen molar-refractivity contribution in [2.24, 2.45) is 5.73 Å². The van der Waals surface area contributed by atoms with Gasteiger partial charge in [0.2, 0.25) is 5.82 Å². The van der Waals surface area contributed by atoms with Crippen LogP contribution in [0.3, 0.4) is 0 Å². The van der Waals surface area contributed by atoms with Gasteiger partial charge in [-0.3, -0.25) is 4.90 Å². The van der Waals surface area contributed by atoms with E-state index in [2.05, 4.69) is 39.4 Å². The van der Waals surface area contributed by atoms with Crippen molar-refractivity contribution in [1.82, 2.24) is 19.7 Å². The van der Waals surface area contributed by atoms with E-state index in [-0.39, 0.29) is 12.0 Å². The number of halogens is 3. The molecule has 0 spiro atoms. The third-order valence-corrected chi connectivity index (χ3v) is 6.24. The molecule has 0 amide bonds. The van der Waals surface area contributed by atoms with Crippen molar-refractivity contribution in [2.75, 3.05) is 13.1 Å². The Balaban J connectivity index is 1.44. The van der Waals surface area contributed by atoms with Crippen LogP contribution in [0.1, 0.15) is 42.9 Å². The Bertz CT molecular complexity index is 778. The Morgan fingerprint density at radius 2 is 1.78 bits per heavy atom. The number of benzene rings is 1. The number of aromatic nitrogens is 3. The van der Waals surface area contributed by atoms with Crippen LogP contribution in [0.25, 0.3) is 0 Å². The molecule has 27 heavy (non-hydrogen) atoms. The van der Waals surface area contributed by atoms with Crippen LogP contribution in [0.2, 0.25) is 0 Å².